The van der Waals surface area contributed by atoms with E-state index in [0.29, 0.717) is 24.4 Å². The highest BCUT2D eigenvalue weighted by Gasteiger charge is 2.18. The summed E-state index contributed by atoms with van der Waals surface area (Å²) in [6, 6.07) is 14.2. The second-order valence-corrected chi connectivity index (χ2v) is 6.57. The van der Waals surface area contributed by atoms with E-state index < -0.39 is 6.61 Å². The van der Waals surface area contributed by atoms with Gasteiger partial charge in [0.15, 0.2) is 6.61 Å². The van der Waals surface area contributed by atoms with Crippen LogP contribution in [0.5, 0.6) is 11.5 Å². The lowest BCUT2D eigenvalue weighted by Crippen LogP contribution is -2.32. The summed E-state index contributed by atoms with van der Waals surface area (Å²) in [5, 5.41) is 3.21. The maximum absolute atomic E-state index is 12.5. The van der Waals surface area contributed by atoms with Gasteiger partial charge in [0.2, 0.25) is 0 Å². The molecule has 1 saturated heterocycles. The predicted molar refractivity (Wildman–Crippen MR) is 101 cm³/mol. The highest BCUT2D eigenvalue weighted by Crippen LogP contribution is 2.21. The minimum atomic E-state index is -2.86. The Morgan fingerprint density at radius 2 is 1.54 bits per heavy atom. The first kappa shape index (κ1) is 20.1. The second kappa shape index (κ2) is 10.0. The predicted octanol–water partition coefficient (Wildman–Crippen LogP) is 3.58. The molecule has 0 saturated carbocycles. The fourth-order valence-electron chi connectivity index (χ4n) is 3.18. The molecule has 1 fully saturated rings. The van der Waals surface area contributed by atoms with E-state index in [1.165, 1.54) is 6.07 Å². The van der Waals surface area contributed by atoms with Crippen molar-refractivity contribution in [1.82, 2.24) is 10.2 Å². The van der Waals surface area contributed by atoms with Crippen LogP contribution in [0.3, 0.4) is 0 Å². The highest BCUT2D eigenvalue weighted by atomic mass is 19.3. The number of halogens is 2. The lowest BCUT2D eigenvalue weighted by Gasteiger charge is -2.17. The molecule has 1 heterocycles. The summed E-state index contributed by atoms with van der Waals surface area (Å²) < 4.78 is 35.3. The molecule has 7 heteroatoms. The van der Waals surface area contributed by atoms with Crippen molar-refractivity contribution in [3.05, 3.63) is 59.7 Å². The molecule has 0 aromatic heterocycles. The highest BCUT2D eigenvalue weighted by molar-refractivity contribution is 5.78. The lowest BCUT2D eigenvalue weighted by molar-refractivity contribution is -0.132. The minimum absolute atomic E-state index is 0.00154. The number of nitrogens with one attached hydrogen (secondary N) is 1. The van der Waals surface area contributed by atoms with Gasteiger partial charge in [-0.15, -0.1) is 0 Å². The van der Waals surface area contributed by atoms with Crippen LogP contribution in [0.4, 0.5) is 8.78 Å². The van der Waals surface area contributed by atoms with Gasteiger partial charge in [-0.25, -0.2) is 0 Å². The van der Waals surface area contributed by atoms with E-state index >= 15 is 0 Å². The Morgan fingerprint density at radius 1 is 0.964 bits per heavy atom. The van der Waals surface area contributed by atoms with Gasteiger partial charge in [-0.1, -0.05) is 36.4 Å². The topological polar surface area (TPSA) is 50.8 Å². The summed E-state index contributed by atoms with van der Waals surface area (Å²) in [7, 11) is 0. The molecule has 0 aliphatic carbocycles. The van der Waals surface area contributed by atoms with Gasteiger partial charge < -0.3 is 19.7 Å². The molecule has 28 heavy (non-hydrogen) atoms. The third kappa shape index (κ3) is 5.66. The molecule has 1 aliphatic rings. The zero-order valence-electron chi connectivity index (χ0n) is 15.6. The SMILES string of the molecule is O=C(COc1ccccc1CNCc1ccccc1OC(F)F)N1CCCC1. The van der Waals surface area contributed by atoms with Crippen LogP contribution in [0.2, 0.25) is 0 Å². The van der Waals surface area contributed by atoms with Gasteiger partial charge in [-0.05, 0) is 25.0 Å². The number of carbonyl (C=O) groups excluding carboxylic acids is 1. The van der Waals surface area contributed by atoms with Gasteiger partial charge >= 0.3 is 6.61 Å². The van der Waals surface area contributed by atoms with E-state index in [1.54, 1.807) is 18.2 Å². The molecular formula is C21H24F2N2O3. The third-order valence-corrected chi connectivity index (χ3v) is 4.60. The Bertz CT molecular complexity index is 780. The quantitative estimate of drug-likeness (QED) is 0.711. The zero-order valence-corrected chi connectivity index (χ0v) is 15.6. The normalized spacial score (nSPS) is 13.8. The van der Waals surface area contributed by atoms with Crippen LogP contribution in [0.15, 0.2) is 48.5 Å². The van der Waals surface area contributed by atoms with Crippen molar-refractivity contribution in [2.75, 3.05) is 19.7 Å². The maximum atomic E-state index is 12.5. The molecule has 2 aromatic carbocycles. The van der Waals surface area contributed by atoms with Gasteiger partial charge in [-0.2, -0.15) is 8.78 Å². The summed E-state index contributed by atoms with van der Waals surface area (Å²) in [4.78, 5) is 14.0. The number of nitrogens with zero attached hydrogens (tertiary/aromatic N) is 1. The number of benzene rings is 2. The summed E-state index contributed by atoms with van der Waals surface area (Å²) in [6.45, 7) is -0.413. The standard InChI is InChI=1S/C21H24F2N2O3/c22-21(23)28-19-10-4-2-8-17(19)14-24-13-16-7-1-3-9-18(16)27-15-20(26)25-11-5-6-12-25/h1-4,7-10,21,24H,5-6,11-15H2. The zero-order chi connectivity index (χ0) is 19.8. The van der Waals surface area contributed by atoms with E-state index in [2.05, 4.69) is 10.1 Å². The second-order valence-electron chi connectivity index (χ2n) is 6.57. The summed E-state index contributed by atoms with van der Waals surface area (Å²) in [5.74, 6) is 0.795. The molecule has 0 spiro atoms. The van der Waals surface area contributed by atoms with Gasteiger partial charge in [0.25, 0.3) is 5.91 Å². The maximum Gasteiger partial charge on any atom is 0.387 e. The van der Waals surface area contributed by atoms with E-state index in [4.69, 9.17) is 4.74 Å². The lowest BCUT2D eigenvalue weighted by atomic mass is 10.1. The Balaban J connectivity index is 1.54. The van der Waals surface area contributed by atoms with Crippen molar-refractivity contribution in [3.63, 3.8) is 0 Å². The van der Waals surface area contributed by atoms with Crippen LogP contribution in [0.1, 0.15) is 24.0 Å². The number of carbonyl (C=O) groups is 1. The first-order valence-corrected chi connectivity index (χ1v) is 9.35. The van der Waals surface area contributed by atoms with Gasteiger partial charge in [0, 0.05) is 37.3 Å². The van der Waals surface area contributed by atoms with Crippen LogP contribution < -0.4 is 14.8 Å². The van der Waals surface area contributed by atoms with E-state index in [9.17, 15) is 13.6 Å². The van der Waals surface area contributed by atoms with Gasteiger partial charge in [0.05, 0.1) is 0 Å². The minimum Gasteiger partial charge on any atom is -0.483 e. The van der Waals surface area contributed by atoms with Crippen molar-refractivity contribution in [2.24, 2.45) is 0 Å². The molecule has 1 N–H and O–H groups in total. The van der Waals surface area contributed by atoms with E-state index in [-0.39, 0.29) is 18.3 Å². The monoisotopic (exact) mass is 390 g/mol. The first-order chi connectivity index (χ1) is 13.6. The number of rotatable bonds is 9. The third-order valence-electron chi connectivity index (χ3n) is 4.60. The molecule has 0 bridgehead atoms. The number of para-hydroxylation sites is 2. The van der Waals surface area contributed by atoms with E-state index in [1.807, 2.05) is 29.2 Å². The Morgan fingerprint density at radius 3 is 2.18 bits per heavy atom. The number of ether oxygens (including phenoxy) is 2. The molecule has 1 amide bonds. The van der Waals surface area contributed by atoms with Crippen molar-refractivity contribution in [2.45, 2.75) is 32.5 Å². The molecule has 2 aromatic rings. The fourth-order valence-corrected chi connectivity index (χ4v) is 3.18. The van der Waals surface area contributed by atoms with Gasteiger partial charge in [-0.3, -0.25) is 4.79 Å². The van der Waals surface area contributed by atoms with Crippen LogP contribution in [0, 0.1) is 0 Å². The molecule has 3 rings (SSSR count). The van der Waals surface area contributed by atoms with Crippen LogP contribution in [0.25, 0.3) is 0 Å². The number of likely N-dealkylation sites (tertiary alicyclic amines) is 1. The number of amides is 1. The van der Waals surface area contributed by atoms with Gasteiger partial charge in [0.1, 0.15) is 11.5 Å². The van der Waals surface area contributed by atoms with Crippen LogP contribution in [-0.2, 0) is 17.9 Å². The van der Waals surface area contributed by atoms with Crippen molar-refractivity contribution in [3.8, 4) is 11.5 Å². The van der Waals surface area contributed by atoms with E-state index in [0.717, 1.165) is 31.5 Å². The fraction of sp³-hybridized carbons (Fsp3) is 0.381. The smallest absolute Gasteiger partial charge is 0.387 e. The Hall–Kier alpha value is -2.67. The van der Waals surface area contributed by atoms with Crippen LogP contribution >= 0.6 is 0 Å². The molecule has 150 valence electrons. The molecule has 0 unspecified atom stereocenters. The average Bonchev–Trinajstić information content (AvgIpc) is 3.23. The largest absolute Gasteiger partial charge is 0.483 e. The number of hydrogen-bond donors (Lipinski definition) is 1. The van der Waals surface area contributed by atoms with Crippen molar-refractivity contribution < 1.29 is 23.0 Å². The average molecular weight is 390 g/mol. The molecule has 5 nitrogen and oxygen atoms in total. The summed E-state index contributed by atoms with van der Waals surface area (Å²) in [6.07, 6.45) is 2.09. The Labute approximate surface area is 163 Å². The molecule has 0 atom stereocenters. The summed E-state index contributed by atoms with van der Waals surface area (Å²) >= 11 is 0. The molecular weight excluding hydrogens is 366 g/mol. The van der Waals surface area contributed by atoms with Crippen molar-refractivity contribution in [1.29, 1.82) is 0 Å². The number of alkyl halides is 2. The number of hydrogen-bond acceptors (Lipinski definition) is 4. The molecule has 0 radical (unpaired) electrons. The first-order valence-electron chi connectivity index (χ1n) is 9.35. The van der Waals surface area contributed by atoms with Crippen LogP contribution in [-0.4, -0.2) is 37.1 Å². The Kier molecular flexibility index (Phi) is 7.19. The molecule has 1 aliphatic heterocycles. The van der Waals surface area contributed by atoms with Crippen molar-refractivity contribution >= 4 is 5.91 Å². The summed E-state index contributed by atoms with van der Waals surface area (Å²) in [5.41, 5.74) is 1.54.